The van der Waals surface area contributed by atoms with Crippen LogP contribution in [-0.4, -0.2) is 17.8 Å². The van der Waals surface area contributed by atoms with Crippen LogP contribution in [0.1, 0.15) is 24.8 Å². The van der Waals surface area contributed by atoms with Gasteiger partial charge in [-0.05, 0) is 53.4 Å². The average Bonchev–Trinajstić information content (AvgIpc) is 2.31. The number of hydrogen-bond donors (Lipinski definition) is 1. The van der Waals surface area contributed by atoms with Crippen LogP contribution in [0.15, 0.2) is 22.7 Å². The molecule has 0 atom stereocenters. The Kier molecular flexibility index (Phi) is 2.93. The first-order valence-corrected chi connectivity index (χ1v) is 7.21. The molecule has 1 heterocycles. The zero-order valence-corrected chi connectivity index (χ0v) is 12.5. The second-order valence-corrected chi connectivity index (χ2v) is 6.14. The molecule has 1 aromatic carbocycles. The maximum absolute atomic E-state index is 12.6. The first-order valence-electron chi connectivity index (χ1n) is 6.42. The van der Waals surface area contributed by atoms with E-state index in [1.165, 1.54) is 0 Å². The molecule has 1 aliphatic heterocycles. The topological polar surface area (TPSA) is 66.5 Å². The van der Waals surface area contributed by atoms with Crippen LogP contribution in [-0.2, 0) is 9.59 Å². The Balaban J connectivity index is 2.08. The van der Waals surface area contributed by atoms with Gasteiger partial charge in [-0.25, -0.2) is 9.69 Å². The molecule has 0 aromatic heterocycles. The highest BCUT2D eigenvalue weighted by Gasteiger charge is 2.57. The van der Waals surface area contributed by atoms with E-state index in [0.717, 1.165) is 16.9 Å². The molecule has 1 saturated carbocycles. The Labute approximate surface area is 124 Å². The van der Waals surface area contributed by atoms with Gasteiger partial charge in [0.2, 0.25) is 5.91 Å². The lowest BCUT2D eigenvalue weighted by Crippen LogP contribution is -2.66. The van der Waals surface area contributed by atoms with Crippen molar-refractivity contribution in [1.29, 1.82) is 0 Å². The molecule has 3 rings (SSSR count). The van der Waals surface area contributed by atoms with Crippen molar-refractivity contribution in [2.45, 2.75) is 26.2 Å². The largest absolute Gasteiger partial charge is 0.335 e. The van der Waals surface area contributed by atoms with Gasteiger partial charge < -0.3 is 0 Å². The molecule has 1 spiro atoms. The number of carbonyl (C=O) groups is 3. The van der Waals surface area contributed by atoms with Crippen molar-refractivity contribution in [3.63, 3.8) is 0 Å². The van der Waals surface area contributed by atoms with Crippen LogP contribution in [0.2, 0.25) is 0 Å². The number of barbiturate groups is 1. The zero-order valence-electron chi connectivity index (χ0n) is 10.9. The smallest absolute Gasteiger partial charge is 0.276 e. The number of aryl methyl sites for hydroxylation is 1. The van der Waals surface area contributed by atoms with Crippen LogP contribution in [0.3, 0.4) is 0 Å². The van der Waals surface area contributed by atoms with Crippen molar-refractivity contribution in [1.82, 2.24) is 5.32 Å². The second-order valence-electron chi connectivity index (χ2n) is 5.29. The van der Waals surface area contributed by atoms with Crippen LogP contribution in [0, 0.1) is 12.3 Å². The van der Waals surface area contributed by atoms with Crippen LogP contribution in [0.5, 0.6) is 0 Å². The zero-order chi connectivity index (χ0) is 14.5. The monoisotopic (exact) mass is 336 g/mol. The lowest BCUT2D eigenvalue weighted by atomic mass is 9.66. The molecule has 1 N–H and O–H groups in total. The van der Waals surface area contributed by atoms with Crippen molar-refractivity contribution in [3.05, 3.63) is 28.2 Å². The van der Waals surface area contributed by atoms with E-state index in [-0.39, 0.29) is 0 Å². The molecule has 6 heteroatoms. The Morgan fingerprint density at radius 3 is 2.55 bits per heavy atom. The van der Waals surface area contributed by atoms with E-state index in [9.17, 15) is 14.4 Å². The molecule has 4 amide bonds. The van der Waals surface area contributed by atoms with E-state index >= 15 is 0 Å². The third-order valence-electron chi connectivity index (χ3n) is 4.02. The van der Waals surface area contributed by atoms with E-state index < -0.39 is 23.3 Å². The summed E-state index contributed by atoms with van der Waals surface area (Å²) in [5.74, 6) is -0.873. The maximum atomic E-state index is 12.6. The SMILES string of the molecule is Cc1ccc(Br)c(N2C(=O)NC(=O)C3(CCC3)C2=O)c1. The molecule has 2 aliphatic rings. The van der Waals surface area contributed by atoms with E-state index in [2.05, 4.69) is 21.2 Å². The lowest BCUT2D eigenvalue weighted by molar-refractivity contribution is -0.148. The number of hydrogen-bond acceptors (Lipinski definition) is 3. The van der Waals surface area contributed by atoms with Gasteiger partial charge in [0.1, 0.15) is 5.41 Å². The van der Waals surface area contributed by atoms with E-state index in [0.29, 0.717) is 23.0 Å². The summed E-state index contributed by atoms with van der Waals surface area (Å²) in [6.07, 6.45) is 1.84. The predicted octanol–water partition coefficient (Wildman–Crippen LogP) is 2.51. The van der Waals surface area contributed by atoms with Crippen LogP contribution in [0.4, 0.5) is 10.5 Å². The van der Waals surface area contributed by atoms with Gasteiger partial charge in [-0.3, -0.25) is 14.9 Å². The van der Waals surface area contributed by atoms with Gasteiger partial charge in [-0.1, -0.05) is 12.5 Å². The minimum atomic E-state index is -1.04. The fourth-order valence-corrected chi connectivity index (χ4v) is 3.08. The summed E-state index contributed by atoms with van der Waals surface area (Å²) in [7, 11) is 0. The first-order chi connectivity index (χ1) is 9.45. The summed E-state index contributed by atoms with van der Waals surface area (Å²) >= 11 is 3.35. The average molecular weight is 337 g/mol. The van der Waals surface area contributed by atoms with E-state index in [1.807, 2.05) is 13.0 Å². The highest BCUT2D eigenvalue weighted by Crippen LogP contribution is 2.46. The maximum Gasteiger partial charge on any atom is 0.335 e. The molecule has 1 aliphatic carbocycles. The number of imide groups is 2. The number of halogens is 1. The molecule has 1 saturated heterocycles. The molecule has 0 unspecified atom stereocenters. The van der Waals surface area contributed by atoms with Crippen molar-refractivity contribution < 1.29 is 14.4 Å². The number of anilines is 1. The van der Waals surface area contributed by atoms with Gasteiger partial charge in [-0.15, -0.1) is 0 Å². The third kappa shape index (κ3) is 1.71. The van der Waals surface area contributed by atoms with Gasteiger partial charge in [0.15, 0.2) is 0 Å². The van der Waals surface area contributed by atoms with E-state index in [1.54, 1.807) is 12.1 Å². The van der Waals surface area contributed by atoms with Crippen molar-refractivity contribution >= 4 is 39.5 Å². The Hall–Kier alpha value is -1.69. The fourth-order valence-electron chi connectivity index (χ4n) is 2.66. The molecule has 104 valence electrons. The summed E-state index contributed by atoms with van der Waals surface area (Å²) in [5, 5.41) is 2.30. The fraction of sp³-hybridized carbons (Fsp3) is 0.357. The number of benzene rings is 1. The molecular weight excluding hydrogens is 324 g/mol. The van der Waals surface area contributed by atoms with Gasteiger partial charge in [0, 0.05) is 4.47 Å². The Morgan fingerprint density at radius 1 is 1.25 bits per heavy atom. The molecule has 2 fully saturated rings. The van der Waals surface area contributed by atoms with E-state index in [4.69, 9.17) is 0 Å². The molecule has 1 aromatic rings. The Morgan fingerprint density at radius 2 is 1.95 bits per heavy atom. The van der Waals surface area contributed by atoms with Crippen molar-refractivity contribution in [2.24, 2.45) is 5.41 Å². The number of carbonyl (C=O) groups excluding carboxylic acids is 3. The number of nitrogens with zero attached hydrogens (tertiary/aromatic N) is 1. The van der Waals surface area contributed by atoms with Crippen LogP contribution < -0.4 is 10.2 Å². The molecule has 5 nitrogen and oxygen atoms in total. The van der Waals surface area contributed by atoms with Gasteiger partial charge in [0.05, 0.1) is 5.69 Å². The summed E-state index contributed by atoms with van der Waals surface area (Å²) in [6, 6.07) is 4.74. The normalized spacial score (nSPS) is 20.9. The summed E-state index contributed by atoms with van der Waals surface area (Å²) in [6.45, 7) is 1.88. The van der Waals surface area contributed by atoms with Crippen LogP contribution in [0.25, 0.3) is 0 Å². The predicted molar refractivity (Wildman–Crippen MR) is 76.2 cm³/mol. The number of rotatable bonds is 1. The second kappa shape index (κ2) is 4.41. The summed E-state index contributed by atoms with van der Waals surface area (Å²) in [5.41, 5.74) is 0.367. The lowest BCUT2D eigenvalue weighted by Gasteiger charge is -2.44. The van der Waals surface area contributed by atoms with Crippen LogP contribution >= 0.6 is 15.9 Å². The number of urea groups is 1. The van der Waals surface area contributed by atoms with Crippen molar-refractivity contribution in [3.8, 4) is 0 Å². The highest BCUT2D eigenvalue weighted by molar-refractivity contribution is 9.10. The molecular formula is C14H13BrN2O3. The minimum absolute atomic E-state index is 0.413. The van der Waals surface area contributed by atoms with Crippen molar-refractivity contribution in [2.75, 3.05) is 4.90 Å². The number of amides is 4. The highest BCUT2D eigenvalue weighted by atomic mass is 79.9. The van der Waals surface area contributed by atoms with Gasteiger partial charge in [-0.2, -0.15) is 0 Å². The van der Waals surface area contributed by atoms with Gasteiger partial charge in [0.25, 0.3) is 5.91 Å². The summed E-state index contributed by atoms with van der Waals surface area (Å²) < 4.78 is 0.649. The van der Waals surface area contributed by atoms with Gasteiger partial charge >= 0.3 is 6.03 Å². The third-order valence-corrected chi connectivity index (χ3v) is 4.69. The number of nitrogens with one attached hydrogen (secondary N) is 1. The quantitative estimate of drug-likeness (QED) is 0.801. The minimum Gasteiger partial charge on any atom is -0.276 e. The molecule has 0 radical (unpaired) electrons. The standard InChI is InChI=1S/C14H13BrN2O3/c1-8-3-4-9(15)10(7-8)17-12(19)14(5-2-6-14)11(18)16-13(17)20/h3-4,7H,2,5-6H2,1H3,(H,16,18,20). The molecule has 0 bridgehead atoms. The first kappa shape index (κ1) is 13.3. The summed E-state index contributed by atoms with van der Waals surface area (Å²) in [4.78, 5) is 37.7. The Bertz CT molecular complexity index is 637. The molecule has 20 heavy (non-hydrogen) atoms.